The average Bonchev–Trinajstić information content (AvgIpc) is 2.40. The molecule has 1 aliphatic heterocycles. The summed E-state index contributed by atoms with van der Waals surface area (Å²) in [6, 6.07) is 8.68. The predicted molar refractivity (Wildman–Crippen MR) is 79.8 cm³/mol. The molecular formula is C16H24N2O2. The van der Waals surface area contributed by atoms with Crippen molar-refractivity contribution in [3.63, 3.8) is 0 Å². The summed E-state index contributed by atoms with van der Waals surface area (Å²) in [6.45, 7) is 8.29. The second-order valence-electron chi connectivity index (χ2n) is 5.60. The quantitative estimate of drug-likeness (QED) is 0.863. The Bertz CT molecular complexity index is 440. The van der Waals surface area contributed by atoms with Crippen molar-refractivity contribution in [1.82, 2.24) is 9.80 Å². The van der Waals surface area contributed by atoms with Crippen LogP contribution in [0.1, 0.15) is 24.0 Å². The Hall–Kier alpha value is -1.39. The van der Waals surface area contributed by atoms with Crippen LogP contribution in [-0.4, -0.2) is 53.6 Å². The molecule has 1 saturated heterocycles. The minimum Gasteiger partial charge on any atom is -0.481 e. The number of aryl methyl sites for hydroxylation is 1. The van der Waals surface area contributed by atoms with E-state index < -0.39 is 5.97 Å². The lowest BCUT2D eigenvalue weighted by Crippen LogP contribution is -2.46. The van der Waals surface area contributed by atoms with Crippen LogP contribution in [0.2, 0.25) is 0 Å². The molecule has 0 aromatic heterocycles. The third kappa shape index (κ3) is 4.94. The van der Waals surface area contributed by atoms with Crippen LogP contribution in [0.5, 0.6) is 0 Å². The molecular weight excluding hydrogens is 252 g/mol. The number of hydrogen-bond acceptors (Lipinski definition) is 3. The number of carboxylic acids is 1. The second kappa shape index (κ2) is 7.41. The van der Waals surface area contributed by atoms with Crippen molar-refractivity contribution in [1.29, 1.82) is 0 Å². The fourth-order valence-corrected chi connectivity index (χ4v) is 2.69. The van der Waals surface area contributed by atoms with Crippen LogP contribution in [0.3, 0.4) is 0 Å². The van der Waals surface area contributed by atoms with Crippen LogP contribution in [0.25, 0.3) is 0 Å². The van der Waals surface area contributed by atoms with Gasteiger partial charge in [0.15, 0.2) is 0 Å². The van der Waals surface area contributed by atoms with Crippen LogP contribution in [-0.2, 0) is 11.3 Å². The number of rotatable bonds is 6. The summed E-state index contributed by atoms with van der Waals surface area (Å²) in [7, 11) is 0. The van der Waals surface area contributed by atoms with Gasteiger partial charge in [-0.15, -0.1) is 0 Å². The van der Waals surface area contributed by atoms with Crippen molar-refractivity contribution in [3.8, 4) is 0 Å². The van der Waals surface area contributed by atoms with Gasteiger partial charge in [0.25, 0.3) is 0 Å². The molecule has 2 rings (SSSR count). The van der Waals surface area contributed by atoms with Crippen molar-refractivity contribution in [2.45, 2.75) is 26.3 Å². The number of benzene rings is 1. The standard InChI is InChI=1S/C16H24N2O2/c1-14-4-2-5-15(12-14)13-18-10-8-17(9-11-18)7-3-6-16(19)20/h2,4-5,12H,3,6-11,13H2,1H3,(H,19,20). The van der Waals surface area contributed by atoms with E-state index in [0.717, 1.165) is 45.7 Å². The molecule has 110 valence electrons. The summed E-state index contributed by atoms with van der Waals surface area (Å²) in [5.74, 6) is -0.692. The van der Waals surface area contributed by atoms with E-state index >= 15 is 0 Å². The molecule has 0 aliphatic carbocycles. The summed E-state index contributed by atoms with van der Waals surface area (Å²) in [5, 5.41) is 8.64. The Morgan fingerprint density at radius 2 is 1.90 bits per heavy atom. The van der Waals surface area contributed by atoms with E-state index in [0.29, 0.717) is 0 Å². The Labute approximate surface area is 121 Å². The lowest BCUT2D eigenvalue weighted by atomic mass is 10.1. The van der Waals surface area contributed by atoms with E-state index in [-0.39, 0.29) is 6.42 Å². The Morgan fingerprint density at radius 3 is 2.55 bits per heavy atom. The number of nitrogens with zero attached hydrogens (tertiary/aromatic N) is 2. The zero-order chi connectivity index (χ0) is 14.4. The third-order valence-electron chi connectivity index (χ3n) is 3.82. The fraction of sp³-hybridized carbons (Fsp3) is 0.562. The van der Waals surface area contributed by atoms with Gasteiger partial charge in [-0.2, -0.15) is 0 Å². The van der Waals surface area contributed by atoms with E-state index in [1.807, 2.05) is 0 Å². The van der Waals surface area contributed by atoms with E-state index in [1.165, 1.54) is 11.1 Å². The van der Waals surface area contributed by atoms with Crippen LogP contribution in [0.15, 0.2) is 24.3 Å². The lowest BCUT2D eigenvalue weighted by Gasteiger charge is -2.34. The molecule has 1 aromatic rings. The van der Waals surface area contributed by atoms with Crippen molar-refractivity contribution in [2.24, 2.45) is 0 Å². The van der Waals surface area contributed by atoms with Gasteiger partial charge in [0.1, 0.15) is 0 Å². The summed E-state index contributed by atoms with van der Waals surface area (Å²) in [6.07, 6.45) is 1.04. The van der Waals surface area contributed by atoms with E-state index in [9.17, 15) is 4.79 Å². The van der Waals surface area contributed by atoms with Gasteiger partial charge in [0, 0.05) is 39.1 Å². The largest absolute Gasteiger partial charge is 0.481 e. The van der Waals surface area contributed by atoms with Crippen LogP contribution < -0.4 is 0 Å². The first-order chi connectivity index (χ1) is 9.63. The predicted octanol–water partition coefficient (Wildman–Crippen LogP) is 1.98. The molecule has 4 nitrogen and oxygen atoms in total. The van der Waals surface area contributed by atoms with Crippen molar-refractivity contribution >= 4 is 5.97 Å². The maximum Gasteiger partial charge on any atom is 0.303 e. The first-order valence-electron chi connectivity index (χ1n) is 7.35. The van der Waals surface area contributed by atoms with Crippen molar-refractivity contribution < 1.29 is 9.90 Å². The number of carbonyl (C=O) groups is 1. The van der Waals surface area contributed by atoms with Gasteiger partial charge in [-0.1, -0.05) is 29.8 Å². The zero-order valence-electron chi connectivity index (χ0n) is 12.2. The maximum absolute atomic E-state index is 10.5. The molecule has 1 heterocycles. The molecule has 1 N–H and O–H groups in total. The first kappa shape index (κ1) is 15.0. The molecule has 0 radical (unpaired) electrons. The van der Waals surface area contributed by atoms with Crippen molar-refractivity contribution in [2.75, 3.05) is 32.7 Å². The zero-order valence-corrected chi connectivity index (χ0v) is 12.2. The normalized spacial score (nSPS) is 17.2. The SMILES string of the molecule is Cc1cccc(CN2CCN(CCCC(=O)O)CC2)c1. The molecule has 4 heteroatoms. The molecule has 1 fully saturated rings. The summed E-state index contributed by atoms with van der Waals surface area (Å²) < 4.78 is 0. The number of hydrogen-bond donors (Lipinski definition) is 1. The summed E-state index contributed by atoms with van der Waals surface area (Å²) in [4.78, 5) is 15.3. The highest BCUT2D eigenvalue weighted by molar-refractivity contribution is 5.66. The molecule has 0 saturated carbocycles. The topological polar surface area (TPSA) is 43.8 Å². The molecule has 0 atom stereocenters. The summed E-state index contributed by atoms with van der Waals surface area (Å²) in [5.41, 5.74) is 2.69. The molecule has 0 bridgehead atoms. The molecule has 1 aromatic carbocycles. The van der Waals surface area contributed by atoms with Gasteiger partial charge in [-0.3, -0.25) is 9.69 Å². The average molecular weight is 276 g/mol. The van der Waals surface area contributed by atoms with Gasteiger partial charge in [-0.25, -0.2) is 0 Å². The maximum atomic E-state index is 10.5. The molecule has 20 heavy (non-hydrogen) atoms. The minimum absolute atomic E-state index is 0.281. The minimum atomic E-state index is -0.692. The Morgan fingerprint density at radius 1 is 1.20 bits per heavy atom. The molecule has 0 unspecified atom stereocenters. The van der Waals surface area contributed by atoms with Gasteiger partial charge in [-0.05, 0) is 25.5 Å². The van der Waals surface area contributed by atoms with Crippen LogP contribution in [0, 0.1) is 6.92 Å². The highest BCUT2D eigenvalue weighted by atomic mass is 16.4. The van der Waals surface area contributed by atoms with Gasteiger partial charge in [0.2, 0.25) is 0 Å². The Kier molecular flexibility index (Phi) is 5.56. The smallest absolute Gasteiger partial charge is 0.303 e. The monoisotopic (exact) mass is 276 g/mol. The molecule has 0 spiro atoms. The van der Waals surface area contributed by atoms with E-state index in [2.05, 4.69) is 41.0 Å². The van der Waals surface area contributed by atoms with E-state index in [4.69, 9.17) is 5.11 Å². The van der Waals surface area contributed by atoms with Gasteiger partial charge in [0.05, 0.1) is 0 Å². The van der Waals surface area contributed by atoms with Crippen LogP contribution >= 0.6 is 0 Å². The highest BCUT2D eigenvalue weighted by Gasteiger charge is 2.16. The van der Waals surface area contributed by atoms with Crippen molar-refractivity contribution in [3.05, 3.63) is 35.4 Å². The molecule has 0 amide bonds. The Balaban J connectivity index is 1.70. The number of aliphatic carboxylic acids is 1. The molecule has 1 aliphatic rings. The second-order valence-corrected chi connectivity index (χ2v) is 5.60. The number of piperazine rings is 1. The fourth-order valence-electron chi connectivity index (χ4n) is 2.69. The van der Waals surface area contributed by atoms with Gasteiger partial charge >= 0.3 is 5.97 Å². The highest BCUT2D eigenvalue weighted by Crippen LogP contribution is 2.10. The van der Waals surface area contributed by atoms with Crippen LogP contribution in [0.4, 0.5) is 0 Å². The first-order valence-corrected chi connectivity index (χ1v) is 7.35. The van der Waals surface area contributed by atoms with E-state index in [1.54, 1.807) is 0 Å². The summed E-state index contributed by atoms with van der Waals surface area (Å²) >= 11 is 0. The lowest BCUT2D eigenvalue weighted by molar-refractivity contribution is -0.137. The van der Waals surface area contributed by atoms with Gasteiger partial charge < -0.3 is 10.0 Å². The number of carboxylic acid groups (broad SMARTS) is 1. The third-order valence-corrected chi connectivity index (χ3v) is 3.82.